The molecule has 0 spiro atoms. The fourth-order valence-corrected chi connectivity index (χ4v) is 6.18. The number of carbonyl (C=O) groups excluding carboxylic acids is 1. The largest absolute Gasteiger partial charge is 0.444 e. The molecule has 4 unspecified atom stereocenters. The molecule has 0 bridgehead atoms. The first kappa shape index (κ1) is 35.8. The lowest BCUT2D eigenvalue weighted by atomic mass is 9.90. The summed E-state index contributed by atoms with van der Waals surface area (Å²) in [7, 11) is 0. The predicted octanol–water partition coefficient (Wildman–Crippen LogP) is 7.71. The first-order valence-electron chi connectivity index (χ1n) is 17.0. The highest BCUT2D eigenvalue weighted by molar-refractivity contribution is 5.67. The topological polar surface area (TPSA) is 113 Å². The average molecular weight is 661 g/mol. The summed E-state index contributed by atoms with van der Waals surface area (Å²) in [6.07, 6.45) is 2.68. The lowest BCUT2D eigenvalue weighted by Gasteiger charge is -2.27. The minimum Gasteiger partial charge on any atom is -0.444 e. The molecule has 0 fully saturated rings. The molecule has 2 aliphatic heterocycles. The number of fused-ring (bicyclic) bond motifs is 2. The molecule has 0 aromatic heterocycles. The molecule has 256 valence electrons. The van der Waals surface area contributed by atoms with E-state index in [9.17, 15) is 4.79 Å². The molecular formula is C41H48N4O4. The number of ether oxygens (including phenoxy) is 3. The summed E-state index contributed by atoms with van der Waals surface area (Å²) < 4.78 is 17.6. The molecule has 4 aromatic carbocycles. The second-order valence-corrected chi connectivity index (χ2v) is 13.7. The van der Waals surface area contributed by atoms with Gasteiger partial charge >= 0.3 is 6.09 Å². The van der Waals surface area contributed by atoms with Crippen LogP contribution in [0.5, 0.6) is 0 Å². The number of rotatable bonds is 4. The highest BCUT2D eigenvalue weighted by atomic mass is 16.6. The van der Waals surface area contributed by atoms with Gasteiger partial charge in [-0.1, -0.05) is 97.1 Å². The van der Waals surface area contributed by atoms with E-state index in [0.29, 0.717) is 25.4 Å². The summed E-state index contributed by atoms with van der Waals surface area (Å²) in [5.41, 5.74) is 20.3. The Bertz CT molecular complexity index is 1720. The van der Waals surface area contributed by atoms with Crippen LogP contribution in [0.3, 0.4) is 0 Å². The molecule has 8 heteroatoms. The van der Waals surface area contributed by atoms with Gasteiger partial charge in [0.2, 0.25) is 0 Å². The number of amides is 1. The lowest BCUT2D eigenvalue weighted by molar-refractivity contribution is 0.0523. The Kier molecular flexibility index (Phi) is 12.2. The van der Waals surface area contributed by atoms with E-state index in [2.05, 4.69) is 46.6 Å². The van der Waals surface area contributed by atoms with Gasteiger partial charge in [0.25, 0.3) is 0 Å². The monoisotopic (exact) mass is 660 g/mol. The number of benzene rings is 4. The van der Waals surface area contributed by atoms with Crippen molar-refractivity contribution in [3.8, 4) is 0 Å². The number of nitrogens with two attached hydrogens (primary N) is 2. The maximum Gasteiger partial charge on any atom is 0.407 e. The van der Waals surface area contributed by atoms with Gasteiger partial charge in [-0.2, -0.15) is 0 Å². The van der Waals surface area contributed by atoms with E-state index in [1.807, 2.05) is 81.4 Å². The van der Waals surface area contributed by atoms with Gasteiger partial charge in [0.05, 0.1) is 6.57 Å². The second-order valence-electron chi connectivity index (χ2n) is 13.7. The van der Waals surface area contributed by atoms with Gasteiger partial charge in [0.15, 0.2) is 5.69 Å². The van der Waals surface area contributed by atoms with E-state index in [4.69, 9.17) is 32.3 Å². The zero-order valence-corrected chi connectivity index (χ0v) is 28.7. The molecule has 5 N–H and O–H groups in total. The first-order chi connectivity index (χ1) is 23.6. The third-order valence-corrected chi connectivity index (χ3v) is 8.58. The van der Waals surface area contributed by atoms with Gasteiger partial charge in [-0.15, -0.1) is 0 Å². The standard InChI is InChI=1S/C23H30N2O3.C18H18N2O/c1-23(2,3)28-22(26)25-15-16-9-10-18-14-19(24)11-12-27-21(20(18)13-16)17-7-5-4-6-8-17;1-20-16-8-7-14-11-15(19)9-10-21-18(17(14)12-16)13-5-3-2-4-6-13/h4-10,13,19,21H,11-12,14-15,24H2,1-3H3,(H,25,26);2-8,12,15,18H,9-11,19H2. The van der Waals surface area contributed by atoms with Gasteiger partial charge in [0.1, 0.15) is 17.8 Å². The third kappa shape index (κ3) is 10.2. The van der Waals surface area contributed by atoms with Crippen molar-refractivity contribution < 1.29 is 19.0 Å². The van der Waals surface area contributed by atoms with Crippen LogP contribution in [-0.4, -0.2) is 37.0 Å². The van der Waals surface area contributed by atoms with Crippen LogP contribution in [0, 0.1) is 6.57 Å². The van der Waals surface area contributed by atoms with Crippen LogP contribution in [0.2, 0.25) is 0 Å². The van der Waals surface area contributed by atoms with Crippen molar-refractivity contribution in [3.63, 3.8) is 0 Å². The van der Waals surface area contributed by atoms with Crippen molar-refractivity contribution in [3.05, 3.63) is 147 Å². The van der Waals surface area contributed by atoms with Crippen LogP contribution in [0.25, 0.3) is 4.85 Å². The zero-order chi connectivity index (χ0) is 34.8. The summed E-state index contributed by atoms with van der Waals surface area (Å²) in [5.74, 6) is 0. The van der Waals surface area contributed by atoms with Crippen LogP contribution >= 0.6 is 0 Å². The number of nitrogens with one attached hydrogen (secondary N) is 1. The van der Waals surface area contributed by atoms with Crippen LogP contribution in [-0.2, 0) is 33.6 Å². The molecule has 8 nitrogen and oxygen atoms in total. The van der Waals surface area contributed by atoms with Crippen molar-refractivity contribution in [1.29, 1.82) is 0 Å². The summed E-state index contributed by atoms with van der Waals surface area (Å²) >= 11 is 0. The number of alkyl carbamates (subject to hydrolysis) is 1. The first-order valence-corrected chi connectivity index (χ1v) is 17.0. The molecule has 4 atom stereocenters. The second kappa shape index (κ2) is 16.7. The minimum absolute atomic E-state index is 0.0845. The quantitative estimate of drug-likeness (QED) is 0.193. The van der Waals surface area contributed by atoms with Crippen LogP contribution < -0.4 is 16.8 Å². The maximum atomic E-state index is 12.0. The molecular weight excluding hydrogens is 612 g/mol. The van der Waals surface area contributed by atoms with Gasteiger partial charge in [-0.25, -0.2) is 9.64 Å². The SMILES string of the molecule is CC(C)(C)OC(=O)NCc1ccc2c(c1)C(c1ccccc1)OCCC(N)C2.[C-]#[N+]c1ccc2c(c1)C(c1ccccc1)OCCC(N)C2. The number of nitrogens with zero attached hydrogens (tertiary/aromatic N) is 1. The van der Waals surface area contributed by atoms with Gasteiger partial charge in [0, 0.05) is 31.8 Å². The average Bonchev–Trinajstić information content (AvgIpc) is 3.07. The molecule has 6 rings (SSSR count). The summed E-state index contributed by atoms with van der Waals surface area (Å²) in [5, 5.41) is 2.83. The molecule has 0 saturated heterocycles. The Labute approximate surface area is 290 Å². The van der Waals surface area contributed by atoms with Crippen LogP contribution in [0.4, 0.5) is 10.5 Å². The summed E-state index contributed by atoms with van der Waals surface area (Å²) in [6, 6.07) is 32.7. The normalized spacial score (nSPS) is 20.7. The van der Waals surface area contributed by atoms with Gasteiger partial charge in [-0.05, 0) is 85.4 Å². The minimum atomic E-state index is -0.515. The maximum absolute atomic E-state index is 12.0. The molecule has 1 amide bonds. The molecule has 4 aromatic rings. The number of carbonyl (C=O) groups is 1. The fourth-order valence-electron chi connectivity index (χ4n) is 6.18. The molecule has 49 heavy (non-hydrogen) atoms. The Morgan fingerprint density at radius 1 is 0.796 bits per heavy atom. The highest BCUT2D eigenvalue weighted by Gasteiger charge is 2.24. The van der Waals surface area contributed by atoms with E-state index >= 15 is 0 Å². The molecule has 2 aliphatic rings. The van der Waals surface area contributed by atoms with Crippen molar-refractivity contribution in [2.24, 2.45) is 11.5 Å². The Morgan fingerprint density at radius 3 is 1.82 bits per heavy atom. The molecule has 2 heterocycles. The van der Waals surface area contributed by atoms with Gasteiger partial charge < -0.3 is 31.0 Å². The van der Waals surface area contributed by atoms with E-state index in [1.54, 1.807) is 0 Å². The lowest BCUT2D eigenvalue weighted by Crippen LogP contribution is -2.32. The Morgan fingerprint density at radius 2 is 1.31 bits per heavy atom. The Hall–Kier alpha value is -4.52. The predicted molar refractivity (Wildman–Crippen MR) is 193 cm³/mol. The van der Waals surface area contributed by atoms with E-state index in [-0.39, 0.29) is 24.3 Å². The smallest absolute Gasteiger partial charge is 0.407 e. The zero-order valence-electron chi connectivity index (χ0n) is 28.7. The molecule has 0 saturated carbocycles. The van der Waals surface area contributed by atoms with Crippen molar-refractivity contribution in [2.45, 2.75) is 82.9 Å². The number of hydrogen-bond donors (Lipinski definition) is 3. The van der Waals surface area contributed by atoms with Crippen molar-refractivity contribution in [1.82, 2.24) is 5.32 Å². The van der Waals surface area contributed by atoms with E-state index < -0.39 is 11.7 Å². The van der Waals surface area contributed by atoms with Crippen molar-refractivity contribution in [2.75, 3.05) is 13.2 Å². The fraction of sp³-hybridized carbons (Fsp3) is 0.366. The van der Waals surface area contributed by atoms with Crippen LogP contribution in [0.15, 0.2) is 97.1 Å². The Balaban J connectivity index is 0.000000199. The van der Waals surface area contributed by atoms with E-state index in [1.165, 1.54) is 11.1 Å². The number of hydrogen-bond acceptors (Lipinski definition) is 6. The highest BCUT2D eigenvalue weighted by Crippen LogP contribution is 2.34. The molecule has 0 aliphatic carbocycles. The van der Waals surface area contributed by atoms with Crippen molar-refractivity contribution >= 4 is 11.8 Å². The third-order valence-electron chi connectivity index (χ3n) is 8.58. The van der Waals surface area contributed by atoms with E-state index in [0.717, 1.165) is 53.5 Å². The molecule has 0 radical (unpaired) electrons. The summed E-state index contributed by atoms with van der Waals surface area (Å²) in [6.45, 7) is 14.4. The van der Waals surface area contributed by atoms with Crippen LogP contribution in [0.1, 0.15) is 84.8 Å². The van der Waals surface area contributed by atoms with Gasteiger partial charge in [-0.3, -0.25) is 0 Å². The summed E-state index contributed by atoms with van der Waals surface area (Å²) in [4.78, 5) is 15.5.